The Morgan fingerprint density at radius 1 is 1.20 bits per heavy atom. The van der Waals surface area contributed by atoms with Gasteiger partial charge in [0.1, 0.15) is 0 Å². The summed E-state index contributed by atoms with van der Waals surface area (Å²) in [5.74, 6) is 0.377. The molecular weight excluding hydrogens is 248 g/mol. The van der Waals surface area contributed by atoms with Gasteiger partial charge in [0.15, 0.2) is 0 Å². The van der Waals surface area contributed by atoms with Crippen molar-refractivity contribution in [1.29, 1.82) is 0 Å². The van der Waals surface area contributed by atoms with Crippen LogP contribution >= 0.6 is 0 Å². The third-order valence-corrected chi connectivity index (χ3v) is 4.58. The van der Waals surface area contributed by atoms with Gasteiger partial charge < -0.3 is 4.90 Å². The van der Waals surface area contributed by atoms with Crippen LogP contribution in [0.2, 0.25) is 0 Å². The van der Waals surface area contributed by atoms with E-state index in [-0.39, 0.29) is 6.04 Å². The number of rotatable bonds is 6. The van der Waals surface area contributed by atoms with Crippen molar-refractivity contribution in [1.82, 2.24) is 9.80 Å². The molecule has 3 rings (SSSR count). The molecule has 0 spiro atoms. The first kappa shape index (κ1) is 13.6. The van der Waals surface area contributed by atoms with Crippen molar-refractivity contribution in [3.63, 3.8) is 0 Å². The van der Waals surface area contributed by atoms with Gasteiger partial charge in [-0.3, -0.25) is 9.69 Å². The highest BCUT2D eigenvalue weighted by molar-refractivity contribution is 5.84. The molecule has 1 amide bonds. The van der Waals surface area contributed by atoms with Crippen LogP contribution in [0.15, 0.2) is 30.3 Å². The minimum Gasteiger partial charge on any atom is -0.338 e. The van der Waals surface area contributed by atoms with E-state index in [1.807, 2.05) is 0 Å². The third-order valence-electron chi connectivity index (χ3n) is 4.58. The number of benzene rings is 1. The lowest BCUT2D eigenvalue weighted by molar-refractivity contribution is -0.132. The molecule has 1 aromatic carbocycles. The van der Waals surface area contributed by atoms with E-state index in [9.17, 15) is 4.79 Å². The minimum absolute atomic E-state index is 0.129. The molecule has 1 aromatic rings. The van der Waals surface area contributed by atoms with Gasteiger partial charge in [0.25, 0.3) is 0 Å². The Labute approximate surface area is 121 Å². The number of nitrogens with zero attached hydrogens (tertiary/aromatic N) is 2. The highest BCUT2D eigenvalue weighted by atomic mass is 16.2. The predicted octanol–water partition coefficient (Wildman–Crippen LogP) is 2.31. The lowest BCUT2D eigenvalue weighted by Gasteiger charge is -2.26. The van der Waals surface area contributed by atoms with Crippen LogP contribution in [0.5, 0.6) is 0 Å². The first-order chi connectivity index (χ1) is 9.79. The molecule has 0 unspecified atom stereocenters. The summed E-state index contributed by atoms with van der Waals surface area (Å²) in [7, 11) is 0. The normalized spacial score (nSPS) is 22.8. The summed E-state index contributed by atoms with van der Waals surface area (Å²) < 4.78 is 0. The number of hydrogen-bond acceptors (Lipinski definition) is 2. The van der Waals surface area contributed by atoms with Gasteiger partial charge in [0.2, 0.25) is 5.91 Å². The van der Waals surface area contributed by atoms with E-state index >= 15 is 0 Å². The zero-order valence-corrected chi connectivity index (χ0v) is 12.3. The van der Waals surface area contributed by atoms with Crippen LogP contribution in [0.1, 0.15) is 31.7 Å². The average Bonchev–Trinajstić information content (AvgIpc) is 3.25. The molecule has 0 N–H and O–H groups in total. The smallest absolute Gasteiger partial charge is 0.240 e. The molecule has 1 aliphatic carbocycles. The van der Waals surface area contributed by atoms with Gasteiger partial charge >= 0.3 is 0 Å². The molecule has 1 aliphatic heterocycles. The number of likely N-dealkylation sites (N-methyl/N-ethyl adjacent to an activating group) is 1. The molecule has 3 heteroatoms. The second kappa shape index (κ2) is 5.96. The van der Waals surface area contributed by atoms with Crippen LogP contribution in [0.4, 0.5) is 0 Å². The molecule has 1 atom stereocenters. The molecular formula is C17H24N2O. The van der Waals surface area contributed by atoms with Gasteiger partial charge in [0.05, 0.1) is 6.04 Å². The number of likely N-dealkylation sites (tertiary alicyclic amines) is 1. The summed E-state index contributed by atoms with van der Waals surface area (Å²) in [4.78, 5) is 17.0. The fourth-order valence-corrected chi connectivity index (χ4v) is 3.23. The molecule has 108 valence electrons. The second-order valence-electron chi connectivity index (χ2n) is 5.93. The summed E-state index contributed by atoms with van der Waals surface area (Å²) in [5.41, 5.74) is 1.36. The van der Waals surface area contributed by atoms with Crippen LogP contribution in [-0.4, -0.2) is 47.4 Å². The van der Waals surface area contributed by atoms with E-state index in [0.717, 1.165) is 32.5 Å². The number of amides is 1. The summed E-state index contributed by atoms with van der Waals surface area (Å²) in [6, 6.07) is 11.3. The lowest BCUT2D eigenvalue weighted by atomic mass is 10.1. The van der Waals surface area contributed by atoms with Gasteiger partial charge in [-0.15, -0.1) is 0 Å². The molecule has 20 heavy (non-hydrogen) atoms. The van der Waals surface area contributed by atoms with E-state index in [1.54, 1.807) is 0 Å². The second-order valence-corrected chi connectivity index (χ2v) is 5.93. The highest BCUT2D eigenvalue weighted by Gasteiger charge is 2.42. The van der Waals surface area contributed by atoms with Crippen LogP contribution in [0, 0.1) is 0 Å². The van der Waals surface area contributed by atoms with Crippen molar-refractivity contribution in [3.05, 3.63) is 35.9 Å². The first-order valence-corrected chi connectivity index (χ1v) is 7.88. The summed E-state index contributed by atoms with van der Waals surface area (Å²) in [6.45, 7) is 5.07. The van der Waals surface area contributed by atoms with Crippen molar-refractivity contribution >= 4 is 5.91 Å². The minimum atomic E-state index is 0.129. The molecule has 3 nitrogen and oxygen atoms in total. The Hall–Kier alpha value is -1.35. The fourth-order valence-electron chi connectivity index (χ4n) is 3.23. The number of carbonyl (C=O) groups excluding carboxylic acids is 1. The van der Waals surface area contributed by atoms with E-state index in [4.69, 9.17) is 0 Å². The topological polar surface area (TPSA) is 23.6 Å². The highest BCUT2D eigenvalue weighted by Crippen LogP contribution is 2.32. The zero-order chi connectivity index (χ0) is 13.9. The Morgan fingerprint density at radius 2 is 1.95 bits per heavy atom. The van der Waals surface area contributed by atoms with E-state index in [2.05, 4.69) is 47.1 Å². The zero-order valence-electron chi connectivity index (χ0n) is 12.3. The Morgan fingerprint density at radius 3 is 2.60 bits per heavy atom. The van der Waals surface area contributed by atoms with Crippen molar-refractivity contribution in [2.75, 3.05) is 19.6 Å². The quantitative estimate of drug-likeness (QED) is 0.793. The first-order valence-electron chi connectivity index (χ1n) is 7.88. The Balaban J connectivity index is 1.57. The van der Waals surface area contributed by atoms with Crippen molar-refractivity contribution in [3.8, 4) is 0 Å². The third kappa shape index (κ3) is 2.88. The largest absolute Gasteiger partial charge is 0.338 e. The van der Waals surface area contributed by atoms with E-state index in [0.29, 0.717) is 11.9 Å². The molecule has 1 saturated heterocycles. The summed E-state index contributed by atoms with van der Waals surface area (Å²) >= 11 is 0. The molecule has 0 radical (unpaired) electrons. The Kier molecular flexibility index (Phi) is 4.06. The predicted molar refractivity (Wildman–Crippen MR) is 80.5 cm³/mol. The van der Waals surface area contributed by atoms with Gasteiger partial charge in [0, 0.05) is 19.1 Å². The number of carbonyl (C=O) groups is 1. The summed E-state index contributed by atoms with van der Waals surface area (Å²) in [5, 5.41) is 0. The number of hydrogen-bond donors (Lipinski definition) is 0. The average molecular weight is 272 g/mol. The van der Waals surface area contributed by atoms with Crippen molar-refractivity contribution < 1.29 is 4.79 Å². The van der Waals surface area contributed by atoms with Crippen molar-refractivity contribution in [2.45, 2.75) is 44.7 Å². The standard InChI is InChI=1S/C17H24N2O/c1-2-18(12-10-14-6-4-3-5-7-14)16-11-13-19(17(16)20)15-8-9-15/h3-7,15-16H,2,8-13H2,1H3/t16-/m1/s1. The maximum absolute atomic E-state index is 12.5. The lowest BCUT2D eigenvalue weighted by Crippen LogP contribution is -2.43. The van der Waals surface area contributed by atoms with Gasteiger partial charge in [-0.2, -0.15) is 0 Å². The van der Waals surface area contributed by atoms with Crippen LogP contribution < -0.4 is 0 Å². The molecule has 2 aliphatic rings. The van der Waals surface area contributed by atoms with Crippen molar-refractivity contribution in [2.24, 2.45) is 0 Å². The van der Waals surface area contributed by atoms with Gasteiger partial charge in [-0.25, -0.2) is 0 Å². The maximum Gasteiger partial charge on any atom is 0.240 e. The van der Waals surface area contributed by atoms with Gasteiger partial charge in [-0.1, -0.05) is 37.3 Å². The molecule has 0 aromatic heterocycles. The molecule has 1 heterocycles. The molecule has 0 bridgehead atoms. The van der Waals surface area contributed by atoms with Crippen LogP contribution in [-0.2, 0) is 11.2 Å². The monoisotopic (exact) mass is 272 g/mol. The van der Waals surface area contributed by atoms with E-state index in [1.165, 1.54) is 18.4 Å². The molecule has 1 saturated carbocycles. The van der Waals surface area contributed by atoms with Crippen LogP contribution in [0.25, 0.3) is 0 Å². The van der Waals surface area contributed by atoms with Crippen LogP contribution in [0.3, 0.4) is 0 Å². The maximum atomic E-state index is 12.5. The SMILES string of the molecule is CCN(CCc1ccccc1)[C@@H]1CCN(C2CC2)C1=O. The molecule has 2 fully saturated rings. The fraction of sp³-hybridized carbons (Fsp3) is 0.588. The van der Waals surface area contributed by atoms with E-state index < -0.39 is 0 Å². The Bertz CT molecular complexity index is 455. The summed E-state index contributed by atoms with van der Waals surface area (Å²) in [6.07, 6.45) is 4.48. The van der Waals surface area contributed by atoms with Gasteiger partial charge in [-0.05, 0) is 37.8 Å².